The summed E-state index contributed by atoms with van der Waals surface area (Å²) in [6, 6.07) is 11.0. The van der Waals surface area contributed by atoms with Crippen molar-refractivity contribution in [2.45, 2.75) is 6.92 Å². The SMILES string of the molecule is Cc1cccc(-c2cccc(C#N)c2F)c1C(=O)O. The van der Waals surface area contributed by atoms with Crippen molar-refractivity contribution >= 4 is 5.97 Å². The number of aromatic carboxylic acids is 1. The van der Waals surface area contributed by atoms with Crippen LogP contribution in [0.15, 0.2) is 36.4 Å². The minimum Gasteiger partial charge on any atom is -0.478 e. The number of halogens is 1. The Morgan fingerprint density at radius 3 is 2.47 bits per heavy atom. The lowest BCUT2D eigenvalue weighted by molar-refractivity contribution is 0.0697. The van der Waals surface area contributed by atoms with E-state index in [1.54, 1.807) is 25.1 Å². The first kappa shape index (κ1) is 12.8. The van der Waals surface area contributed by atoms with Crippen molar-refractivity contribution in [2.75, 3.05) is 0 Å². The molecule has 0 unspecified atom stereocenters. The van der Waals surface area contributed by atoms with Crippen molar-refractivity contribution in [3.05, 3.63) is 58.9 Å². The van der Waals surface area contributed by atoms with E-state index in [-0.39, 0.29) is 22.3 Å². The summed E-state index contributed by atoms with van der Waals surface area (Å²) in [6.07, 6.45) is 0. The fraction of sp³-hybridized carbons (Fsp3) is 0.0667. The highest BCUT2D eigenvalue weighted by atomic mass is 19.1. The van der Waals surface area contributed by atoms with E-state index in [0.29, 0.717) is 5.56 Å². The molecule has 0 aliphatic heterocycles. The van der Waals surface area contributed by atoms with Gasteiger partial charge in [-0.1, -0.05) is 30.3 Å². The maximum atomic E-state index is 14.1. The van der Waals surface area contributed by atoms with Crippen molar-refractivity contribution in [1.29, 1.82) is 5.26 Å². The molecule has 0 saturated heterocycles. The molecule has 0 radical (unpaired) electrons. The number of carboxylic acids is 1. The third kappa shape index (κ3) is 2.18. The van der Waals surface area contributed by atoms with Gasteiger partial charge in [0.05, 0.1) is 11.1 Å². The van der Waals surface area contributed by atoms with E-state index >= 15 is 0 Å². The lowest BCUT2D eigenvalue weighted by Gasteiger charge is -2.10. The standard InChI is InChI=1S/C15H10FNO2/c1-9-4-2-6-11(13(9)15(18)19)12-7-3-5-10(8-17)14(12)16/h2-7H,1H3,(H,18,19). The Bertz CT molecular complexity index is 702. The molecule has 0 aliphatic rings. The van der Waals surface area contributed by atoms with Gasteiger partial charge in [-0.05, 0) is 24.1 Å². The number of nitrogens with zero attached hydrogens (tertiary/aromatic N) is 1. The Balaban J connectivity index is 2.77. The molecule has 94 valence electrons. The molecule has 0 bridgehead atoms. The zero-order chi connectivity index (χ0) is 14.0. The summed E-state index contributed by atoms with van der Waals surface area (Å²) < 4.78 is 14.1. The number of rotatable bonds is 2. The number of hydrogen-bond acceptors (Lipinski definition) is 2. The molecule has 0 saturated carbocycles. The minimum atomic E-state index is -1.12. The van der Waals surface area contributed by atoms with E-state index in [9.17, 15) is 14.3 Å². The van der Waals surface area contributed by atoms with Crippen LogP contribution in [0.3, 0.4) is 0 Å². The summed E-state index contributed by atoms with van der Waals surface area (Å²) in [4.78, 5) is 11.3. The zero-order valence-corrected chi connectivity index (χ0v) is 10.1. The van der Waals surface area contributed by atoms with Crippen LogP contribution in [-0.4, -0.2) is 11.1 Å². The van der Waals surface area contributed by atoms with Gasteiger partial charge < -0.3 is 5.11 Å². The van der Waals surface area contributed by atoms with E-state index in [2.05, 4.69) is 0 Å². The molecule has 0 amide bonds. The van der Waals surface area contributed by atoms with Crippen LogP contribution >= 0.6 is 0 Å². The summed E-state index contributed by atoms with van der Waals surface area (Å²) in [6.45, 7) is 1.65. The second kappa shape index (κ2) is 4.91. The Labute approximate surface area is 109 Å². The Hall–Kier alpha value is -2.67. The lowest BCUT2D eigenvalue weighted by Crippen LogP contribution is -2.03. The molecule has 0 spiro atoms. The highest BCUT2D eigenvalue weighted by molar-refractivity contribution is 5.97. The van der Waals surface area contributed by atoms with Gasteiger partial charge >= 0.3 is 5.97 Å². The Kier molecular flexibility index (Phi) is 3.30. The first-order valence-corrected chi connectivity index (χ1v) is 5.58. The maximum Gasteiger partial charge on any atom is 0.336 e. The van der Waals surface area contributed by atoms with E-state index in [1.165, 1.54) is 24.3 Å². The molecule has 19 heavy (non-hydrogen) atoms. The number of nitriles is 1. The van der Waals surface area contributed by atoms with Gasteiger partial charge in [0.1, 0.15) is 11.9 Å². The average Bonchev–Trinajstić information content (AvgIpc) is 2.38. The van der Waals surface area contributed by atoms with Crippen LogP contribution in [-0.2, 0) is 0 Å². The molecule has 1 N–H and O–H groups in total. The van der Waals surface area contributed by atoms with Crippen LogP contribution in [0.2, 0.25) is 0 Å². The smallest absolute Gasteiger partial charge is 0.336 e. The quantitative estimate of drug-likeness (QED) is 0.894. The van der Waals surface area contributed by atoms with E-state index in [1.807, 2.05) is 0 Å². The highest BCUT2D eigenvalue weighted by Gasteiger charge is 2.18. The maximum absolute atomic E-state index is 14.1. The van der Waals surface area contributed by atoms with E-state index in [4.69, 9.17) is 5.26 Å². The van der Waals surface area contributed by atoms with Gasteiger partial charge in [0.25, 0.3) is 0 Å². The van der Waals surface area contributed by atoms with Crippen LogP contribution in [0, 0.1) is 24.1 Å². The number of aryl methyl sites for hydroxylation is 1. The Morgan fingerprint density at radius 2 is 1.84 bits per heavy atom. The van der Waals surface area contributed by atoms with Crippen molar-refractivity contribution in [1.82, 2.24) is 0 Å². The van der Waals surface area contributed by atoms with Crippen molar-refractivity contribution in [2.24, 2.45) is 0 Å². The second-order valence-electron chi connectivity index (χ2n) is 4.08. The van der Waals surface area contributed by atoms with Crippen LogP contribution in [0.5, 0.6) is 0 Å². The molecule has 4 heteroatoms. The molecule has 0 heterocycles. The fourth-order valence-corrected chi connectivity index (χ4v) is 2.00. The molecule has 0 fully saturated rings. The number of hydrogen-bond donors (Lipinski definition) is 1. The molecule has 0 aromatic heterocycles. The van der Waals surface area contributed by atoms with Gasteiger partial charge in [-0.2, -0.15) is 5.26 Å². The number of benzene rings is 2. The van der Waals surface area contributed by atoms with Crippen LogP contribution in [0.4, 0.5) is 4.39 Å². The highest BCUT2D eigenvalue weighted by Crippen LogP contribution is 2.29. The summed E-state index contributed by atoms with van der Waals surface area (Å²) >= 11 is 0. The van der Waals surface area contributed by atoms with Gasteiger partial charge in [0, 0.05) is 5.56 Å². The van der Waals surface area contributed by atoms with Crippen molar-refractivity contribution in [3.63, 3.8) is 0 Å². The first-order chi connectivity index (χ1) is 9.06. The predicted molar refractivity (Wildman–Crippen MR) is 68.2 cm³/mol. The van der Waals surface area contributed by atoms with Gasteiger partial charge in [-0.15, -0.1) is 0 Å². The third-order valence-electron chi connectivity index (χ3n) is 2.90. The normalized spacial score (nSPS) is 9.95. The van der Waals surface area contributed by atoms with Crippen molar-refractivity contribution in [3.8, 4) is 17.2 Å². The minimum absolute atomic E-state index is 0.0523. The van der Waals surface area contributed by atoms with Gasteiger partial charge in [-0.3, -0.25) is 0 Å². The summed E-state index contributed by atoms with van der Waals surface area (Å²) in [5.74, 6) is -1.81. The van der Waals surface area contributed by atoms with Gasteiger partial charge in [0.2, 0.25) is 0 Å². The van der Waals surface area contributed by atoms with Gasteiger partial charge in [-0.25, -0.2) is 9.18 Å². The predicted octanol–water partition coefficient (Wildman–Crippen LogP) is 3.37. The largest absolute Gasteiger partial charge is 0.478 e. The van der Waals surface area contributed by atoms with Gasteiger partial charge in [0.15, 0.2) is 0 Å². The van der Waals surface area contributed by atoms with E-state index in [0.717, 1.165) is 0 Å². The molecular formula is C15H10FNO2. The molecule has 3 nitrogen and oxygen atoms in total. The molecular weight excluding hydrogens is 245 g/mol. The molecule has 0 aliphatic carbocycles. The van der Waals surface area contributed by atoms with Crippen LogP contribution < -0.4 is 0 Å². The average molecular weight is 255 g/mol. The number of carbonyl (C=O) groups is 1. The van der Waals surface area contributed by atoms with E-state index < -0.39 is 11.8 Å². The summed E-state index contributed by atoms with van der Waals surface area (Å²) in [7, 11) is 0. The topological polar surface area (TPSA) is 61.1 Å². The monoisotopic (exact) mass is 255 g/mol. The molecule has 2 aromatic rings. The third-order valence-corrected chi connectivity index (χ3v) is 2.90. The van der Waals surface area contributed by atoms with Crippen LogP contribution in [0.25, 0.3) is 11.1 Å². The number of carboxylic acid groups (broad SMARTS) is 1. The lowest BCUT2D eigenvalue weighted by atomic mass is 9.94. The van der Waals surface area contributed by atoms with Crippen molar-refractivity contribution < 1.29 is 14.3 Å². The first-order valence-electron chi connectivity index (χ1n) is 5.58. The summed E-state index contributed by atoms with van der Waals surface area (Å²) in [5, 5.41) is 18.1. The molecule has 0 atom stereocenters. The summed E-state index contributed by atoms with van der Waals surface area (Å²) in [5.41, 5.74) is 0.904. The molecule has 2 aromatic carbocycles. The van der Waals surface area contributed by atoms with Crippen LogP contribution in [0.1, 0.15) is 21.5 Å². The second-order valence-corrected chi connectivity index (χ2v) is 4.08. The fourth-order valence-electron chi connectivity index (χ4n) is 2.00. The zero-order valence-electron chi connectivity index (χ0n) is 10.1. The Morgan fingerprint density at radius 1 is 1.21 bits per heavy atom. The molecule has 2 rings (SSSR count).